The maximum Gasteiger partial charge on any atom is 0.573 e. The van der Waals surface area contributed by atoms with Crippen molar-refractivity contribution in [3.63, 3.8) is 0 Å². The molecule has 0 aliphatic carbocycles. The molecule has 0 radical (unpaired) electrons. The molecule has 1 unspecified atom stereocenters. The molecule has 0 spiro atoms. The first kappa shape index (κ1) is 17.6. The third-order valence-electron chi connectivity index (χ3n) is 3.74. The van der Waals surface area contributed by atoms with Crippen LogP contribution in [-0.4, -0.2) is 22.2 Å². The van der Waals surface area contributed by atoms with Gasteiger partial charge in [0.15, 0.2) is 0 Å². The van der Waals surface area contributed by atoms with E-state index in [1.807, 2.05) is 0 Å². The maximum atomic E-state index is 12.3. The second kappa shape index (κ2) is 6.58. The summed E-state index contributed by atoms with van der Waals surface area (Å²) in [5.74, 6) is -0.845. The minimum atomic E-state index is -4.78. The standard InChI is InChI=1S/C17H14F3N3O3/c1-9(11-4-7-13-14(8-11)23-16(25)22-13)21-15(24)10-2-5-12(6-3-10)26-17(18,19)20/h2-9H,1H3,(H,21,24)(H2,22,23,25). The van der Waals surface area contributed by atoms with Gasteiger partial charge in [0.05, 0.1) is 17.1 Å². The molecule has 1 heterocycles. The Labute approximate surface area is 145 Å². The van der Waals surface area contributed by atoms with Crippen molar-refractivity contribution in [2.24, 2.45) is 0 Å². The highest BCUT2D eigenvalue weighted by molar-refractivity contribution is 5.94. The van der Waals surface area contributed by atoms with Crippen LogP contribution in [0.1, 0.15) is 28.9 Å². The van der Waals surface area contributed by atoms with E-state index in [1.54, 1.807) is 25.1 Å². The van der Waals surface area contributed by atoms with Crippen LogP contribution in [0.3, 0.4) is 0 Å². The number of imidazole rings is 1. The number of benzene rings is 2. The lowest BCUT2D eigenvalue weighted by Crippen LogP contribution is -2.26. The highest BCUT2D eigenvalue weighted by Gasteiger charge is 2.31. The maximum absolute atomic E-state index is 12.3. The van der Waals surface area contributed by atoms with Gasteiger partial charge in [-0.3, -0.25) is 4.79 Å². The number of aromatic nitrogens is 2. The number of carbonyl (C=O) groups is 1. The second-order valence-electron chi connectivity index (χ2n) is 5.65. The summed E-state index contributed by atoms with van der Waals surface area (Å²) in [5.41, 5.74) is 1.90. The fourth-order valence-corrected chi connectivity index (χ4v) is 2.49. The molecule has 3 N–H and O–H groups in total. The van der Waals surface area contributed by atoms with Crippen LogP contribution in [0, 0.1) is 0 Å². The summed E-state index contributed by atoms with van der Waals surface area (Å²) in [6.07, 6.45) is -4.78. The average Bonchev–Trinajstić information content (AvgIpc) is 2.93. The molecule has 0 aliphatic rings. The Balaban J connectivity index is 1.70. The van der Waals surface area contributed by atoms with Gasteiger partial charge in [-0.25, -0.2) is 4.79 Å². The molecule has 2 aromatic carbocycles. The van der Waals surface area contributed by atoms with Crippen LogP contribution in [0.25, 0.3) is 11.0 Å². The molecular weight excluding hydrogens is 351 g/mol. The van der Waals surface area contributed by atoms with Gasteiger partial charge in [0.1, 0.15) is 5.75 Å². The highest BCUT2D eigenvalue weighted by atomic mass is 19.4. The Kier molecular flexibility index (Phi) is 4.45. The summed E-state index contributed by atoms with van der Waals surface area (Å²) in [6, 6.07) is 9.47. The van der Waals surface area contributed by atoms with Crippen molar-refractivity contribution >= 4 is 16.9 Å². The van der Waals surface area contributed by atoms with Gasteiger partial charge in [0.2, 0.25) is 0 Å². The van der Waals surface area contributed by atoms with E-state index in [4.69, 9.17) is 0 Å². The number of carbonyl (C=O) groups excluding carboxylic acids is 1. The number of rotatable bonds is 4. The van der Waals surface area contributed by atoms with Gasteiger partial charge in [-0.2, -0.15) is 0 Å². The average molecular weight is 365 g/mol. The number of hydrogen-bond acceptors (Lipinski definition) is 3. The van der Waals surface area contributed by atoms with Gasteiger partial charge in [0, 0.05) is 5.56 Å². The molecule has 3 rings (SSSR count). The van der Waals surface area contributed by atoms with Gasteiger partial charge in [0.25, 0.3) is 5.91 Å². The lowest BCUT2D eigenvalue weighted by molar-refractivity contribution is -0.274. The summed E-state index contributed by atoms with van der Waals surface area (Å²) in [5, 5.41) is 2.75. The first-order chi connectivity index (χ1) is 12.2. The summed E-state index contributed by atoms with van der Waals surface area (Å²) in [7, 11) is 0. The number of aromatic amines is 2. The van der Waals surface area contributed by atoms with Crippen LogP contribution in [0.15, 0.2) is 47.3 Å². The quantitative estimate of drug-likeness (QED) is 0.663. The van der Waals surface area contributed by atoms with E-state index < -0.39 is 18.0 Å². The zero-order valence-electron chi connectivity index (χ0n) is 13.5. The third kappa shape index (κ3) is 4.05. The third-order valence-corrected chi connectivity index (χ3v) is 3.74. The first-order valence-corrected chi connectivity index (χ1v) is 7.60. The molecule has 1 atom stereocenters. The van der Waals surface area contributed by atoms with Gasteiger partial charge < -0.3 is 20.0 Å². The number of H-pyrrole nitrogens is 2. The van der Waals surface area contributed by atoms with Crippen LogP contribution in [0.5, 0.6) is 5.75 Å². The largest absolute Gasteiger partial charge is 0.573 e. The lowest BCUT2D eigenvalue weighted by atomic mass is 10.1. The molecule has 1 amide bonds. The van der Waals surface area contributed by atoms with E-state index >= 15 is 0 Å². The van der Waals surface area contributed by atoms with Crippen LogP contribution >= 0.6 is 0 Å². The molecule has 0 fully saturated rings. The monoisotopic (exact) mass is 365 g/mol. The van der Waals surface area contributed by atoms with Gasteiger partial charge in [-0.15, -0.1) is 13.2 Å². The van der Waals surface area contributed by atoms with E-state index in [1.165, 1.54) is 12.1 Å². The molecule has 9 heteroatoms. The normalized spacial score (nSPS) is 12.8. The molecule has 6 nitrogen and oxygen atoms in total. The SMILES string of the molecule is CC(NC(=O)c1ccc(OC(F)(F)F)cc1)c1ccc2[nH]c(=O)[nH]c2c1. The zero-order valence-corrected chi connectivity index (χ0v) is 13.5. The van der Waals surface area contributed by atoms with Crippen molar-refractivity contribution in [3.8, 4) is 5.75 Å². The predicted molar refractivity (Wildman–Crippen MR) is 87.9 cm³/mol. The molecule has 0 saturated carbocycles. The summed E-state index contributed by atoms with van der Waals surface area (Å²) < 4.78 is 40.2. The number of alkyl halides is 3. The van der Waals surface area contributed by atoms with Gasteiger partial charge >= 0.3 is 12.1 Å². The summed E-state index contributed by atoms with van der Waals surface area (Å²) >= 11 is 0. The second-order valence-corrected chi connectivity index (χ2v) is 5.65. The van der Waals surface area contributed by atoms with Crippen LogP contribution in [-0.2, 0) is 0 Å². The van der Waals surface area contributed by atoms with Crippen molar-refractivity contribution in [1.29, 1.82) is 0 Å². The Hall–Kier alpha value is -3.23. The minimum absolute atomic E-state index is 0.197. The Morgan fingerprint density at radius 3 is 2.38 bits per heavy atom. The molecule has 136 valence electrons. The van der Waals surface area contributed by atoms with Crippen molar-refractivity contribution in [2.45, 2.75) is 19.3 Å². The predicted octanol–water partition coefficient (Wildman–Crippen LogP) is 3.25. The molecule has 0 saturated heterocycles. The zero-order chi connectivity index (χ0) is 18.9. The van der Waals surface area contributed by atoms with Crippen LogP contribution in [0.4, 0.5) is 13.2 Å². The topological polar surface area (TPSA) is 87.0 Å². The summed E-state index contributed by atoms with van der Waals surface area (Å²) in [4.78, 5) is 28.8. The Morgan fingerprint density at radius 2 is 1.73 bits per heavy atom. The van der Waals surface area contributed by atoms with E-state index in [0.717, 1.165) is 17.7 Å². The van der Waals surface area contributed by atoms with Crippen molar-refractivity contribution in [1.82, 2.24) is 15.3 Å². The van der Waals surface area contributed by atoms with Crippen molar-refractivity contribution < 1.29 is 22.7 Å². The fraction of sp³-hybridized carbons (Fsp3) is 0.176. The first-order valence-electron chi connectivity index (χ1n) is 7.60. The van der Waals surface area contributed by atoms with Crippen LogP contribution in [0.2, 0.25) is 0 Å². The molecule has 1 aromatic heterocycles. The minimum Gasteiger partial charge on any atom is -0.406 e. The van der Waals surface area contributed by atoms with E-state index in [-0.39, 0.29) is 17.3 Å². The number of halogens is 3. The number of hydrogen-bond donors (Lipinski definition) is 3. The van der Waals surface area contributed by atoms with E-state index in [0.29, 0.717) is 11.0 Å². The van der Waals surface area contributed by atoms with Gasteiger partial charge in [-0.1, -0.05) is 6.07 Å². The lowest BCUT2D eigenvalue weighted by Gasteiger charge is -2.15. The molecule has 26 heavy (non-hydrogen) atoms. The van der Waals surface area contributed by atoms with Gasteiger partial charge in [-0.05, 0) is 48.9 Å². The Morgan fingerprint density at radius 1 is 1.08 bits per heavy atom. The smallest absolute Gasteiger partial charge is 0.406 e. The molecule has 3 aromatic rings. The number of fused-ring (bicyclic) bond motifs is 1. The molecule has 0 aliphatic heterocycles. The highest BCUT2D eigenvalue weighted by Crippen LogP contribution is 2.23. The van der Waals surface area contributed by atoms with Crippen molar-refractivity contribution in [3.05, 3.63) is 64.1 Å². The molecule has 0 bridgehead atoms. The van der Waals surface area contributed by atoms with Crippen molar-refractivity contribution in [2.75, 3.05) is 0 Å². The fourth-order valence-electron chi connectivity index (χ4n) is 2.49. The number of nitrogens with one attached hydrogen (secondary N) is 3. The number of amides is 1. The van der Waals surface area contributed by atoms with Crippen LogP contribution < -0.4 is 15.7 Å². The van der Waals surface area contributed by atoms with E-state index in [2.05, 4.69) is 20.0 Å². The van der Waals surface area contributed by atoms with E-state index in [9.17, 15) is 22.8 Å². The number of ether oxygens (including phenoxy) is 1. The summed E-state index contributed by atoms with van der Waals surface area (Å²) in [6.45, 7) is 1.75. The Bertz CT molecular complexity index is 990. The molecular formula is C17H14F3N3O3.